The van der Waals surface area contributed by atoms with Crippen molar-refractivity contribution in [2.75, 3.05) is 14.2 Å². The molecule has 1 N–H and O–H groups in total. The minimum Gasteiger partial charge on any atom is -0.481 e. The van der Waals surface area contributed by atoms with Gasteiger partial charge in [-0.15, -0.1) is 0 Å². The Labute approximate surface area is 175 Å². The van der Waals surface area contributed by atoms with Crippen molar-refractivity contribution in [2.24, 2.45) is 0 Å². The number of rotatable bonds is 7. The zero-order valence-corrected chi connectivity index (χ0v) is 17.6. The summed E-state index contributed by atoms with van der Waals surface area (Å²) < 4.78 is 33.3. The summed E-state index contributed by atoms with van der Waals surface area (Å²) in [6.45, 7) is 0.557. The summed E-state index contributed by atoms with van der Waals surface area (Å²) in [5, 5.41) is 3.99. The molecule has 8 heteroatoms. The predicted molar refractivity (Wildman–Crippen MR) is 115 cm³/mol. The number of nitrogens with zero attached hydrogens (tertiary/aromatic N) is 3. The van der Waals surface area contributed by atoms with E-state index in [0.29, 0.717) is 24.4 Å². The number of pyridine rings is 2. The first kappa shape index (κ1) is 20.1. The van der Waals surface area contributed by atoms with Crippen LogP contribution in [0.1, 0.15) is 16.7 Å². The number of ether oxygens (including phenoxy) is 1. The largest absolute Gasteiger partial charge is 0.481 e. The van der Waals surface area contributed by atoms with Crippen molar-refractivity contribution < 1.29 is 13.2 Å². The van der Waals surface area contributed by atoms with Gasteiger partial charge in [-0.1, -0.05) is 18.2 Å². The summed E-state index contributed by atoms with van der Waals surface area (Å²) >= 11 is 0. The zero-order valence-electron chi connectivity index (χ0n) is 16.7. The quantitative estimate of drug-likeness (QED) is 0.493. The molecule has 0 saturated carbocycles. The van der Waals surface area contributed by atoms with E-state index in [9.17, 15) is 8.42 Å². The van der Waals surface area contributed by atoms with Crippen LogP contribution in [0, 0.1) is 0 Å². The van der Waals surface area contributed by atoms with Crippen LogP contribution in [0.25, 0.3) is 10.9 Å². The van der Waals surface area contributed by atoms with Gasteiger partial charge in [-0.05, 0) is 42.4 Å². The van der Waals surface area contributed by atoms with Gasteiger partial charge in [0.05, 0.1) is 12.6 Å². The molecule has 0 spiro atoms. The van der Waals surface area contributed by atoms with Gasteiger partial charge in [-0.2, -0.15) is 0 Å². The second-order valence-corrected chi connectivity index (χ2v) is 8.69. The van der Waals surface area contributed by atoms with E-state index < -0.39 is 10.0 Å². The third-order valence-corrected chi connectivity index (χ3v) is 6.57. The first-order valence-electron chi connectivity index (χ1n) is 9.45. The van der Waals surface area contributed by atoms with Crippen molar-refractivity contribution in [3.05, 3.63) is 83.9 Å². The normalized spacial score (nSPS) is 11.7. The fraction of sp³-hybridized carbons (Fsp3) is 0.182. The summed E-state index contributed by atoms with van der Waals surface area (Å²) in [7, 11) is -0.353. The number of methoxy groups -OCH3 is 1. The zero-order chi connectivity index (χ0) is 21.1. The first-order valence-corrected chi connectivity index (χ1v) is 10.9. The molecule has 1 aromatic carbocycles. The lowest BCUT2D eigenvalue weighted by molar-refractivity contribution is 0.393. The van der Waals surface area contributed by atoms with Crippen molar-refractivity contribution in [1.82, 2.24) is 19.3 Å². The van der Waals surface area contributed by atoms with E-state index in [2.05, 4.69) is 15.3 Å². The Hall–Kier alpha value is -3.23. The summed E-state index contributed by atoms with van der Waals surface area (Å²) in [5.74, 6) is 0.562. The monoisotopic (exact) mass is 422 g/mol. The summed E-state index contributed by atoms with van der Waals surface area (Å²) in [5.41, 5.74) is 3.43. The molecule has 0 unspecified atom stereocenters. The SMILES string of the molecule is CNCc1cn(S(=O)(=O)c2cccnc2)c2cc(Cc3cccnc3OC)ccc12. The molecule has 3 heterocycles. The van der Waals surface area contributed by atoms with Crippen LogP contribution in [-0.4, -0.2) is 36.5 Å². The Morgan fingerprint density at radius 2 is 1.93 bits per heavy atom. The van der Waals surface area contributed by atoms with Gasteiger partial charge in [-0.3, -0.25) is 4.98 Å². The van der Waals surface area contributed by atoms with E-state index in [-0.39, 0.29) is 4.90 Å². The smallest absolute Gasteiger partial charge is 0.269 e. The van der Waals surface area contributed by atoms with Gasteiger partial charge in [0.1, 0.15) is 4.90 Å². The number of aromatic nitrogens is 3. The molecule has 0 amide bonds. The van der Waals surface area contributed by atoms with Crippen molar-refractivity contribution in [1.29, 1.82) is 0 Å². The average Bonchev–Trinajstić information content (AvgIpc) is 3.13. The third-order valence-electron chi connectivity index (χ3n) is 4.91. The second kappa shape index (κ2) is 8.25. The van der Waals surface area contributed by atoms with E-state index in [1.165, 1.54) is 10.2 Å². The Bertz CT molecular complexity index is 1280. The van der Waals surface area contributed by atoms with E-state index in [1.807, 2.05) is 37.4 Å². The Morgan fingerprint density at radius 3 is 2.67 bits per heavy atom. The standard InChI is InChI=1S/C22H22N4O3S/c1-23-13-18-15-26(30(27,28)19-6-4-9-24-14-19)21-12-16(7-8-20(18)21)11-17-5-3-10-25-22(17)29-2/h3-10,12,14-15,23H,11,13H2,1-2H3. The highest BCUT2D eigenvalue weighted by Crippen LogP contribution is 2.28. The molecule has 0 aliphatic rings. The Balaban J connectivity index is 1.85. The fourth-order valence-electron chi connectivity index (χ4n) is 3.53. The van der Waals surface area contributed by atoms with Crippen molar-refractivity contribution in [2.45, 2.75) is 17.9 Å². The van der Waals surface area contributed by atoms with Gasteiger partial charge in [0.2, 0.25) is 5.88 Å². The van der Waals surface area contributed by atoms with Gasteiger partial charge in [-0.25, -0.2) is 17.4 Å². The summed E-state index contributed by atoms with van der Waals surface area (Å²) in [6, 6.07) is 12.9. The van der Waals surface area contributed by atoms with Crippen molar-refractivity contribution in [3.63, 3.8) is 0 Å². The van der Waals surface area contributed by atoms with Gasteiger partial charge in [0.15, 0.2) is 0 Å². The van der Waals surface area contributed by atoms with Crippen molar-refractivity contribution in [3.8, 4) is 5.88 Å². The Morgan fingerprint density at radius 1 is 1.10 bits per heavy atom. The van der Waals surface area contributed by atoms with Crippen LogP contribution in [0.15, 0.2) is 72.1 Å². The van der Waals surface area contributed by atoms with Gasteiger partial charge < -0.3 is 10.1 Å². The van der Waals surface area contributed by atoms with E-state index >= 15 is 0 Å². The van der Waals surface area contributed by atoms with Crippen LogP contribution in [0.2, 0.25) is 0 Å². The molecule has 154 valence electrons. The highest BCUT2D eigenvalue weighted by Gasteiger charge is 2.21. The lowest BCUT2D eigenvalue weighted by Crippen LogP contribution is -2.12. The van der Waals surface area contributed by atoms with Crippen LogP contribution in [0.5, 0.6) is 5.88 Å². The summed E-state index contributed by atoms with van der Waals surface area (Å²) in [6.07, 6.45) is 6.85. The molecule has 0 aliphatic heterocycles. The van der Waals surface area contributed by atoms with Crippen molar-refractivity contribution >= 4 is 20.9 Å². The molecular weight excluding hydrogens is 400 g/mol. The molecule has 30 heavy (non-hydrogen) atoms. The fourth-order valence-corrected chi connectivity index (χ4v) is 4.88. The van der Waals surface area contributed by atoms with E-state index in [1.54, 1.807) is 37.8 Å². The summed E-state index contributed by atoms with van der Waals surface area (Å²) in [4.78, 5) is 8.36. The topological polar surface area (TPSA) is 86.1 Å². The maximum Gasteiger partial charge on any atom is 0.269 e. The molecule has 0 bridgehead atoms. The van der Waals surface area contributed by atoms with Crippen LogP contribution in [0.4, 0.5) is 0 Å². The number of benzene rings is 1. The highest BCUT2D eigenvalue weighted by atomic mass is 32.2. The van der Waals surface area contributed by atoms with Gasteiger partial charge in [0, 0.05) is 48.7 Å². The number of nitrogens with one attached hydrogen (secondary N) is 1. The molecule has 0 atom stereocenters. The second-order valence-electron chi connectivity index (χ2n) is 6.87. The molecule has 7 nitrogen and oxygen atoms in total. The highest BCUT2D eigenvalue weighted by molar-refractivity contribution is 7.90. The number of hydrogen-bond donors (Lipinski definition) is 1. The molecule has 4 rings (SSSR count). The first-order chi connectivity index (χ1) is 14.5. The molecule has 0 saturated heterocycles. The van der Waals surface area contributed by atoms with Gasteiger partial charge in [0.25, 0.3) is 10.0 Å². The molecule has 0 fully saturated rings. The van der Waals surface area contributed by atoms with E-state index in [4.69, 9.17) is 4.74 Å². The van der Waals surface area contributed by atoms with Crippen LogP contribution in [0.3, 0.4) is 0 Å². The molecule has 0 aliphatic carbocycles. The predicted octanol–water partition coefficient (Wildman–Crippen LogP) is 2.99. The number of hydrogen-bond acceptors (Lipinski definition) is 6. The Kier molecular flexibility index (Phi) is 5.52. The third kappa shape index (κ3) is 3.67. The van der Waals surface area contributed by atoms with E-state index in [0.717, 1.165) is 22.1 Å². The lowest BCUT2D eigenvalue weighted by Gasteiger charge is -2.10. The van der Waals surface area contributed by atoms with Crippen LogP contribution >= 0.6 is 0 Å². The maximum absolute atomic E-state index is 13.3. The number of fused-ring (bicyclic) bond motifs is 1. The minimum absolute atomic E-state index is 0.150. The van der Waals surface area contributed by atoms with Gasteiger partial charge >= 0.3 is 0 Å². The maximum atomic E-state index is 13.3. The van der Waals surface area contributed by atoms with Crippen LogP contribution in [-0.2, 0) is 23.0 Å². The van der Waals surface area contributed by atoms with Crippen LogP contribution < -0.4 is 10.1 Å². The lowest BCUT2D eigenvalue weighted by atomic mass is 10.0. The minimum atomic E-state index is -3.78. The molecule has 3 aromatic heterocycles. The molecular formula is C22H22N4O3S. The molecule has 0 radical (unpaired) electrons. The average molecular weight is 423 g/mol. The molecule has 4 aromatic rings.